The zero-order chi connectivity index (χ0) is 16.9. The Kier molecular flexibility index (Phi) is 5.69. The van der Waals surface area contributed by atoms with Gasteiger partial charge in [0.1, 0.15) is 18.2 Å². The van der Waals surface area contributed by atoms with Gasteiger partial charge in [0.05, 0.1) is 31.8 Å². The second-order valence-corrected chi connectivity index (χ2v) is 6.06. The van der Waals surface area contributed by atoms with Crippen molar-refractivity contribution >= 4 is 5.97 Å². The minimum absolute atomic E-state index is 0.0953. The molecule has 2 rings (SSSR count). The van der Waals surface area contributed by atoms with Crippen LogP contribution in [0.25, 0.3) is 0 Å². The number of halogens is 1. The van der Waals surface area contributed by atoms with Crippen LogP contribution in [0.4, 0.5) is 4.39 Å². The third-order valence-electron chi connectivity index (χ3n) is 3.46. The number of benzene rings is 1. The number of aliphatic hydroxyl groups is 1. The van der Waals surface area contributed by atoms with Crippen LogP contribution in [-0.2, 0) is 19.0 Å². The van der Waals surface area contributed by atoms with E-state index in [9.17, 15) is 14.3 Å². The molecule has 1 aliphatic heterocycles. The molecule has 0 radical (unpaired) electrons. The normalized spacial score (nSPS) is 19.3. The monoisotopic (exact) mass is 328 g/mol. The summed E-state index contributed by atoms with van der Waals surface area (Å²) in [6.45, 7) is 3.73. The highest BCUT2D eigenvalue weighted by molar-refractivity contribution is 5.73. The highest BCUT2D eigenvalue weighted by Crippen LogP contribution is 2.29. The molecule has 0 aliphatic carbocycles. The van der Waals surface area contributed by atoms with Crippen LogP contribution in [0.2, 0.25) is 0 Å². The van der Waals surface area contributed by atoms with E-state index in [4.69, 9.17) is 18.9 Å². The molecule has 0 amide bonds. The molecule has 0 spiro atoms. The summed E-state index contributed by atoms with van der Waals surface area (Å²) in [6, 6.07) is 5.10. The fourth-order valence-electron chi connectivity index (χ4n) is 1.97. The fourth-order valence-corrected chi connectivity index (χ4v) is 1.97. The topological polar surface area (TPSA) is 74.2 Å². The molecule has 1 aromatic carbocycles. The van der Waals surface area contributed by atoms with Crippen LogP contribution in [-0.4, -0.2) is 49.9 Å². The number of esters is 1. The first-order valence-corrected chi connectivity index (χ1v) is 7.27. The van der Waals surface area contributed by atoms with E-state index in [-0.39, 0.29) is 38.8 Å². The minimum Gasteiger partial charge on any atom is -0.425 e. The van der Waals surface area contributed by atoms with Crippen LogP contribution in [0, 0.1) is 11.2 Å². The number of rotatable bonds is 6. The van der Waals surface area contributed by atoms with Crippen LogP contribution >= 0.6 is 0 Å². The summed E-state index contributed by atoms with van der Waals surface area (Å²) in [6.07, 6.45) is 0. The molecule has 0 atom stereocenters. The summed E-state index contributed by atoms with van der Waals surface area (Å²) in [7, 11) is 0. The van der Waals surface area contributed by atoms with Crippen LogP contribution in [0.5, 0.6) is 5.75 Å². The van der Waals surface area contributed by atoms with Gasteiger partial charge in [-0.05, 0) is 38.1 Å². The molecule has 1 aromatic rings. The Morgan fingerprint density at radius 1 is 1.26 bits per heavy atom. The van der Waals surface area contributed by atoms with E-state index in [0.29, 0.717) is 0 Å². The average Bonchev–Trinajstić information content (AvgIpc) is 2.52. The van der Waals surface area contributed by atoms with Gasteiger partial charge in [0, 0.05) is 0 Å². The van der Waals surface area contributed by atoms with E-state index in [2.05, 4.69) is 0 Å². The van der Waals surface area contributed by atoms with Gasteiger partial charge in [0.25, 0.3) is 0 Å². The Balaban J connectivity index is 1.77. The molecule has 23 heavy (non-hydrogen) atoms. The molecule has 7 heteroatoms. The zero-order valence-electron chi connectivity index (χ0n) is 13.2. The summed E-state index contributed by atoms with van der Waals surface area (Å²) >= 11 is 0. The van der Waals surface area contributed by atoms with Crippen molar-refractivity contribution in [2.45, 2.75) is 19.6 Å². The second kappa shape index (κ2) is 7.35. The van der Waals surface area contributed by atoms with Crippen LogP contribution in [0.3, 0.4) is 0 Å². The Morgan fingerprint density at radius 3 is 2.43 bits per heavy atom. The van der Waals surface area contributed by atoms with Crippen LogP contribution in [0.1, 0.15) is 13.8 Å². The van der Waals surface area contributed by atoms with Gasteiger partial charge in [-0.25, -0.2) is 9.18 Å². The Morgan fingerprint density at radius 2 is 1.87 bits per heavy atom. The SMILES string of the molecule is CC1(C)OCC(CO)(COCC(=O)Oc2ccc(F)cc2)CO1. The summed E-state index contributed by atoms with van der Waals surface area (Å²) < 4.78 is 34.1. The highest BCUT2D eigenvalue weighted by atomic mass is 19.1. The molecule has 128 valence electrons. The quantitative estimate of drug-likeness (QED) is 0.630. The lowest BCUT2D eigenvalue weighted by atomic mass is 9.91. The molecule has 0 bridgehead atoms. The summed E-state index contributed by atoms with van der Waals surface area (Å²) in [5.74, 6) is -1.48. The van der Waals surface area contributed by atoms with Crippen molar-refractivity contribution in [2.75, 3.05) is 33.0 Å². The molecule has 0 aromatic heterocycles. The number of ether oxygens (including phenoxy) is 4. The van der Waals surface area contributed by atoms with E-state index in [1.165, 1.54) is 24.3 Å². The zero-order valence-corrected chi connectivity index (χ0v) is 13.2. The largest absolute Gasteiger partial charge is 0.425 e. The molecular weight excluding hydrogens is 307 g/mol. The first kappa shape index (κ1) is 17.8. The van der Waals surface area contributed by atoms with Gasteiger partial charge < -0.3 is 24.1 Å². The maximum Gasteiger partial charge on any atom is 0.337 e. The smallest absolute Gasteiger partial charge is 0.337 e. The third-order valence-corrected chi connectivity index (χ3v) is 3.46. The number of carbonyl (C=O) groups is 1. The predicted octanol–water partition coefficient (Wildman–Crippen LogP) is 1.51. The van der Waals surface area contributed by atoms with Gasteiger partial charge in [-0.2, -0.15) is 0 Å². The predicted molar refractivity (Wildman–Crippen MR) is 78.4 cm³/mol. The minimum atomic E-state index is -0.703. The second-order valence-electron chi connectivity index (χ2n) is 6.06. The first-order valence-electron chi connectivity index (χ1n) is 7.27. The number of hydrogen-bond acceptors (Lipinski definition) is 6. The van der Waals surface area contributed by atoms with Gasteiger partial charge >= 0.3 is 5.97 Å². The standard InChI is InChI=1S/C16H21FO6/c1-15(2)21-10-16(8-18,11-22-15)9-20-7-14(19)23-13-5-3-12(17)4-6-13/h3-6,18H,7-11H2,1-2H3. The van der Waals surface area contributed by atoms with Crippen molar-refractivity contribution in [2.24, 2.45) is 5.41 Å². The van der Waals surface area contributed by atoms with E-state index in [1.807, 2.05) is 0 Å². The first-order chi connectivity index (χ1) is 10.8. The summed E-state index contributed by atoms with van der Waals surface area (Å²) in [5, 5.41) is 9.55. The van der Waals surface area contributed by atoms with Crippen LogP contribution < -0.4 is 4.74 Å². The van der Waals surface area contributed by atoms with Gasteiger partial charge in [-0.3, -0.25) is 0 Å². The van der Waals surface area contributed by atoms with Crippen molar-refractivity contribution in [3.05, 3.63) is 30.1 Å². The molecule has 1 N–H and O–H groups in total. The Hall–Kier alpha value is -1.54. The van der Waals surface area contributed by atoms with E-state index < -0.39 is 23.0 Å². The van der Waals surface area contributed by atoms with E-state index in [0.717, 1.165) is 0 Å². The molecule has 1 aliphatic rings. The van der Waals surface area contributed by atoms with Crippen LogP contribution in [0.15, 0.2) is 24.3 Å². The lowest BCUT2D eigenvalue weighted by Gasteiger charge is -2.42. The lowest BCUT2D eigenvalue weighted by molar-refractivity contribution is -0.296. The molecular formula is C16H21FO6. The molecule has 1 heterocycles. The number of hydrogen-bond donors (Lipinski definition) is 1. The molecule has 0 saturated carbocycles. The molecule has 0 unspecified atom stereocenters. The van der Waals surface area contributed by atoms with Gasteiger partial charge in [0.2, 0.25) is 0 Å². The van der Waals surface area contributed by atoms with Gasteiger partial charge in [0.15, 0.2) is 5.79 Å². The maximum atomic E-state index is 12.8. The van der Waals surface area contributed by atoms with Gasteiger partial charge in [-0.15, -0.1) is 0 Å². The lowest BCUT2D eigenvalue weighted by Crippen LogP contribution is -2.51. The molecule has 1 fully saturated rings. The number of aliphatic hydroxyl groups excluding tert-OH is 1. The van der Waals surface area contributed by atoms with Crippen molar-refractivity contribution in [3.63, 3.8) is 0 Å². The number of carbonyl (C=O) groups excluding carboxylic acids is 1. The van der Waals surface area contributed by atoms with Crippen molar-refractivity contribution in [1.82, 2.24) is 0 Å². The van der Waals surface area contributed by atoms with Crippen molar-refractivity contribution < 1.29 is 33.2 Å². The fraction of sp³-hybridized carbons (Fsp3) is 0.562. The highest BCUT2D eigenvalue weighted by Gasteiger charge is 2.40. The third kappa shape index (κ3) is 5.24. The summed E-state index contributed by atoms with van der Waals surface area (Å²) in [5.41, 5.74) is -0.703. The Bertz CT molecular complexity index is 518. The van der Waals surface area contributed by atoms with E-state index >= 15 is 0 Å². The average molecular weight is 328 g/mol. The maximum absolute atomic E-state index is 12.8. The Labute approximate surface area is 134 Å². The molecule has 6 nitrogen and oxygen atoms in total. The molecule has 1 saturated heterocycles. The summed E-state index contributed by atoms with van der Waals surface area (Å²) in [4.78, 5) is 11.7. The van der Waals surface area contributed by atoms with Gasteiger partial charge in [-0.1, -0.05) is 0 Å². The van der Waals surface area contributed by atoms with Crippen molar-refractivity contribution in [3.8, 4) is 5.75 Å². The van der Waals surface area contributed by atoms with E-state index in [1.54, 1.807) is 13.8 Å². The van der Waals surface area contributed by atoms with Crippen molar-refractivity contribution in [1.29, 1.82) is 0 Å².